The Balaban J connectivity index is 2.04. The minimum absolute atomic E-state index is 0.292. The lowest BCUT2D eigenvalue weighted by Crippen LogP contribution is -2.28. The van der Waals surface area contributed by atoms with Crippen LogP contribution in [0.5, 0.6) is 0 Å². The molecule has 0 amide bonds. The highest BCUT2D eigenvalue weighted by atomic mass is 16.7. The summed E-state index contributed by atoms with van der Waals surface area (Å²) in [6, 6.07) is 0. The predicted octanol–water partition coefficient (Wildman–Crippen LogP) is 4.07. The van der Waals surface area contributed by atoms with Crippen molar-refractivity contribution in [2.45, 2.75) is 71.1 Å². The maximum absolute atomic E-state index is 11.0. The van der Waals surface area contributed by atoms with Crippen molar-refractivity contribution in [2.75, 3.05) is 0 Å². The highest BCUT2D eigenvalue weighted by molar-refractivity contribution is 5.89. The van der Waals surface area contributed by atoms with Crippen LogP contribution in [0.1, 0.15) is 71.1 Å². The van der Waals surface area contributed by atoms with E-state index in [0.29, 0.717) is 11.8 Å². The summed E-state index contributed by atoms with van der Waals surface area (Å²) in [7, 11) is 0. The van der Waals surface area contributed by atoms with Gasteiger partial charge in [-0.2, -0.15) is 0 Å². The molecule has 3 nitrogen and oxygen atoms in total. The van der Waals surface area contributed by atoms with E-state index in [0.717, 1.165) is 0 Å². The predicted molar refractivity (Wildman–Crippen MR) is 72.4 cm³/mol. The van der Waals surface area contributed by atoms with Gasteiger partial charge in [-0.15, -0.1) is 0 Å². The van der Waals surface area contributed by atoms with Crippen molar-refractivity contribution in [3.8, 4) is 0 Å². The molecule has 0 saturated heterocycles. The van der Waals surface area contributed by atoms with E-state index in [1.165, 1.54) is 76.8 Å². The van der Waals surface area contributed by atoms with Gasteiger partial charge in [0.2, 0.25) is 0 Å². The van der Waals surface area contributed by atoms with E-state index < -0.39 is 0 Å². The molecule has 0 heterocycles. The molecular weight excluding hydrogens is 226 g/mol. The summed E-state index contributed by atoms with van der Waals surface area (Å²) in [6.07, 6.45) is 12.8. The summed E-state index contributed by atoms with van der Waals surface area (Å²) in [5, 5.41) is 4.24. The van der Waals surface area contributed by atoms with Crippen molar-refractivity contribution in [3.63, 3.8) is 0 Å². The van der Waals surface area contributed by atoms with E-state index in [4.69, 9.17) is 4.84 Å². The third kappa shape index (κ3) is 3.82. The normalized spacial score (nSPS) is 22.5. The first kappa shape index (κ1) is 13.6. The minimum atomic E-state index is -0.292. The molecular formula is C15H25NO2. The molecule has 0 radical (unpaired) electrons. The first-order valence-electron chi connectivity index (χ1n) is 7.52. The Morgan fingerprint density at radius 3 is 1.72 bits per heavy atom. The van der Waals surface area contributed by atoms with E-state index >= 15 is 0 Å². The number of oxime groups is 1. The Bertz CT molecular complexity index is 280. The van der Waals surface area contributed by atoms with Gasteiger partial charge in [-0.05, 0) is 25.7 Å². The molecule has 3 heteroatoms. The monoisotopic (exact) mass is 251 g/mol. The fraction of sp³-hybridized carbons (Fsp3) is 0.867. The standard InChI is InChI=1S/C15H25NO2/c1-12(17)18-16-15(13-8-4-2-5-9-13)14-10-6-3-7-11-14/h13-14H,2-11H2,1H3. The highest BCUT2D eigenvalue weighted by Crippen LogP contribution is 2.33. The molecule has 2 rings (SSSR count). The second kappa shape index (κ2) is 6.91. The molecule has 0 aromatic heterocycles. The van der Waals surface area contributed by atoms with Gasteiger partial charge in [-0.1, -0.05) is 43.7 Å². The van der Waals surface area contributed by atoms with Crippen LogP contribution in [0.4, 0.5) is 0 Å². The Hall–Kier alpha value is -0.860. The van der Waals surface area contributed by atoms with Gasteiger partial charge in [0.15, 0.2) is 0 Å². The van der Waals surface area contributed by atoms with Crippen molar-refractivity contribution in [1.29, 1.82) is 0 Å². The molecule has 0 bridgehead atoms. The number of nitrogens with zero attached hydrogens (tertiary/aromatic N) is 1. The summed E-state index contributed by atoms with van der Waals surface area (Å²) >= 11 is 0. The molecule has 0 aromatic rings. The molecule has 0 aromatic carbocycles. The van der Waals surface area contributed by atoms with Crippen molar-refractivity contribution in [2.24, 2.45) is 17.0 Å². The van der Waals surface area contributed by atoms with Gasteiger partial charge in [0.1, 0.15) is 0 Å². The average molecular weight is 251 g/mol. The van der Waals surface area contributed by atoms with E-state index in [1.54, 1.807) is 0 Å². The van der Waals surface area contributed by atoms with Crippen LogP contribution in [0.25, 0.3) is 0 Å². The maximum Gasteiger partial charge on any atom is 0.331 e. The number of carbonyl (C=O) groups excluding carboxylic acids is 1. The SMILES string of the molecule is CC(=O)ON=C(C1CCCCC1)C1CCCCC1. The molecule has 102 valence electrons. The zero-order valence-corrected chi connectivity index (χ0v) is 11.5. The van der Waals surface area contributed by atoms with Gasteiger partial charge in [0, 0.05) is 18.8 Å². The summed E-state index contributed by atoms with van der Waals surface area (Å²) in [6.45, 7) is 1.43. The number of hydrogen-bond donors (Lipinski definition) is 0. The third-order valence-corrected chi connectivity index (χ3v) is 4.33. The van der Waals surface area contributed by atoms with Crippen LogP contribution >= 0.6 is 0 Å². The van der Waals surface area contributed by atoms with Gasteiger partial charge >= 0.3 is 5.97 Å². The van der Waals surface area contributed by atoms with Gasteiger partial charge in [0.05, 0.1) is 5.71 Å². The summed E-state index contributed by atoms with van der Waals surface area (Å²) in [4.78, 5) is 15.9. The third-order valence-electron chi connectivity index (χ3n) is 4.33. The van der Waals surface area contributed by atoms with E-state index in [9.17, 15) is 4.79 Å². The molecule has 0 N–H and O–H groups in total. The Morgan fingerprint density at radius 2 is 1.33 bits per heavy atom. The molecule has 2 aliphatic rings. The lowest BCUT2D eigenvalue weighted by atomic mass is 9.76. The van der Waals surface area contributed by atoms with Crippen LogP contribution in [-0.4, -0.2) is 11.7 Å². The van der Waals surface area contributed by atoms with Crippen LogP contribution < -0.4 is 0 Å². The fourth-order valence-corrected chi connectivity index (χ4v) is 3.40. The molecule has 2 saturated carbocycles. The van der Waals surface area contributed by atoms with Gasteiger partial charge in [-0.25, -0.2) is 4.79 Å². The molecule has 0 unspecified atom stereocenters. The first-order valence-corrected chi connectivity index (χ1v) is 7.52. The maximum atomic E-state index is 11.0. The van der Waals surface area contributed by atoms with Gasteiger partial charge < -0.3 is 4.84 Å². The van der Waals surface area contributed by atoms with Crippen molar-refractivity contribution in [1.82, 2.24) is 0 Å². The molecule has 0 atom stereocenters. The van der Waals surface area contributed by atoms with Crippen molar-refractivity contribution in [3.05, 3.63) is 0 Å². The molecule has 2 aliphatic carbocycles. The lowest BCUT2D eigenvalue weighted by molar-refractivity contribution is -0.141. The quantitative estimate of drug-likeness (QED) is 0.431. The van der Waals surface area contributed by atoms with Gasteiger partial charge in [0.25, 0.3) is 0 Å². The number of hydrogen-bond acceptors (Lipinski definition) is 3. The smallest absolute Gasteiger partial charge is 0.319 e. The van der Waals surface area contributed by atoms with E-state index in [1.807, 2.05) is 0 Å². The van der Waals surface area contributed by atoms with Crippen molar-refractivity contribution < 1.29 is 9.63 Å². The topological polar surface area (TPSA) is 38.7 Å². The lowest BCUT2D eigenvalue weighted by Gasteiger charge is -2.30. The van der Waals surface area contributed by atoms with Crippen LogP contribution in [0.2, 0.25) is 0 Å². The summed E-state index contributed by atoms with van der Waals surface area (Å²) < 4.78 is 0. The molecule has 0 spiro atoms. The molecule has 2 fully saturated rings. The average Bonchev–Trinajstić information content (AvgIpc) is 2.41. The summed E-state index contributed by atoms with van der Waals surface area (Å²) in [5.74, 6) is 0.849. The zero-order chi connectivity index (χ0) is 12.8. The Morgan fingerprint density at radius 1 is 0.889 bits per heavy atom. The zero-order valence-electron chi connectivity index (χ0n) is 11.5. The Labute approximate surface area is 110 Å². The van der Waals surface area contributed by atoms with Crippen LogP contribution in [0.3, 0.4) is 0 Å². The van der Waals surface area contributed by atoms with E-state index in [2.05, 4.69) is 5.16 Å². The van der Waals surface area contributed by atoms with Crippen LogP contribution in [-0.2, 0) is 9.63 Å². The minimum Gasteiger partial charge on any atom is -0.319 e. The summed E-state index contributed by atoms with van der Waals surface area (Å²) in [5.41, 5.74) is 1.20. The molecule has 0 aliphatic heterocycles. The van der Waals surface area contributed by atoms with Gasteiger partial charge in [-0.3, -0.25) is 0 Å². The largest absolute Gasteiger partial charge is 0.331 e. The molecule has 18 heavy (non-hydrogen) atoms. The van der Waals surface area contributed by atoms with Crippen LogP contribution in [0, 0.1) is 11.8 Å². The number of carbonyl (C=O) groups is 1. The second-order valence-corrected chi connectivity index (χ2v) is 5.77. The number of rotatable bonds is 3. The highest BCUT2D eigenvalue weighted by Gasteiger charge is 2.28. The second-order valence-electron chi connectivity index (χ2n) is 5.77. The van der Waals surface area contributed by atoms with Crippen LogP contribution in [0.15, 0.2) is 5.16 Å². The first-order chi connectivity index (χ1) is 8.77. The van der Waals surface area contributed by atoms with Crippen molar-refractivity contribution >= 4 is 11.7 Å². The fourth-order valence-electron chi connectivity index (χ4n) is 3.40. The van der Waals surface area contributed by atoms with E-state index in [-0.39, 0.29) is 5.97 Å². The Kier molecular flexibility index (Phi) is 5.21.